The van der Waals surface area contributed by atoms with Gasteiger partial charge in [0.05, 0.1) is 6.54 Å². The van der Waals surface area contributed by atoms with Crippen LogP contribution in [0.5, 0.6) is 5.75 Å². The number of hydrogen-bond donors (Lipinski definition) is 0. The van der Waals surface area contributed by atoms with Crippen LogP contribution in [0.3, 0.4) is 0 Å². The van der Waals surface area contributed by atoms with E-state index in [0.29, 0.717) is 17.8 Å². The average molecular weight is 442 g/mol. The van der Waals surface area contributed by atoms with Gasteiger partial charge in [-0.05, 0) is 50.1 Å². The summed E-state index contributed by atoms with van der Waals surface area (Å²) in [5.74, 6) is 0.192. The van der Waals surface area contributed by atoms with E-state index >= 15 is 0 Å². The fourth-order valence-corrected chi connectivity index (χ4v) is 3.48. The molecule has 0 radical (unpaired) electrons. The Hall–Kier alpha value is -3.62. The van der Waals surface area contributed by atoms with Crippen molar-refractivity contribution in [3.8, 4) is 28.7 Å². The average Bonchev–Trinajstić information content (AvgIpc) is 3.34. The molecule has 2 aromatic heterocycles. The van der Waals surface area contributed by atoms with Crippen LogP contribution in [-0.2, 0) is 13.0 Å². The predicted molar refractivity (Wildman–Crippen MR) is 112 cm³/mol. The molecule has 4 rings (SSSR count). The summed E-state index contributed by atoms with van der Waals surface area (Å²) < 4.78 is 48.3. The van der Waals surface area contributed by atoms with Crippen LogP contribution >= 0.6 is 0 Å². The molecule has 9 heteroatoms. The van der Waals surface area contributed by atoms with E-state index in [9.17, 15) is 13.2 Å². The first-order valence-corrected chi connectivity index (χ1v) is 10.1. The SMILES string of the molecule is CCc1c(C)c(-c2nc(-c3ccc(OC(F)(F)F)cc3)no2)nn1Cc1ccc(C)cc1. The topological polar surface area (TPSA) is 66.0 Å². The van der Waals surface area contributed by atoms with E-state index in [-0.39, 0.29) is 17.5 Å². The molecule has 2 aromatic carbocycles. The fraction of sp³-hybridized carbons (Fsp3) is 0.261. The molecule has 0 amide bonds. The number of aromatic nitrogens is 4. The summed E-state index contributed by atoms with van der Waals surface area (Å²) in [5.41, 5.74) is 5.43. The van der Waals surface area contributed by atoms with Crippen molar-refractivity contribution in [1.82, 2.24) is 19.9 Å². The lowest BCUT2D eigenvalue weighted by atomic mass is 10.1. The zero-order valence-corrected chi connectivity index (χ0v) is 17.8. The van der Waals surface area contributed by atoms with E-state index < -0.39 is 6.36 Å². The molecule has 0 unspecified atom stereocenters. The number of rotatable bonds is 6. The van der Waals surface area contributed by atoms with Crippen molar-refractivity contribution in [2.45, 2.75) is 40.1 Å². The number of ether oxygens (including phenoxy) is 1. The molecule has 0 aliphatic rings. The molecule has 6 nitrogen and oxygen atoms in total. The zero-order valence-electron chi connectivity index (χ0n) is 17.8. The van der Waals surface area contributed by atoms with Crippen LogP contribution in [0.25, 0.3) is 23.0 Å². The molecule has 0 saturated heterocycles. The lowest BCUT2D eigenvalue weighted by Crippen LogP contribution is -2.16. The van der Waals surface area contributed by atoms with E-state index in [2.05, 4.69) is 46.1 Å². The number of benzene rings is 2. The van der Waals surface area contributed by atoms with E-state index in [0.717, 1.165) is 23.2 Å². The van der Waals surface area contributed by atoms with Crippen LogP contribution in [0.15, 0.2) is 53.1 Å². The van der Waals surface area contributed by atoms with Crippen molar-refractivity contribution in [3.63, 3.8) is 0 Å². The summed E-state index contributed by atoms with van der Waals surface area (Å²) in [7, 11) is 0. The standard InChI is InChI=1S/C23H21F3N4O2/c1-4-19-15(3)20(28-30(19)13-16-7-5-14(2)6-8-16)22-27-21(29-32-22)17-9-11-18(12-10-17)31-23(24,25)26/h5-12H,4,13H2,1-3H3. The van der Waals surface area contributed by atoms with Crippen molar-refractivity contribution < 1.29 is 22.4 Å². The van der Waals surface area contributed by atoms with Crippen LogP contribution in [0.2, 0.25) is 0 Å². The second-order valence-corrected chi connectivity index (χ2v) is 7.41. The second kappa shape index (κ2) is 8.49. The Morgan fingerprint density at radius 3 is 2.31 bits per heavy atom. The van der Waals surface area contributed by atoms with E-state index in [1.807, 2.05) is 18.5 Å². The Morgan fingerprint density at radius 2 is 1.69 bits per heavy atom. The van der Waals surface area contributed by atoms with Gasteiger partial charge in [-0.15, -0.1) is 13.2 Å². The normalized spacial score (nSPS) is 11.7. The van der Waals surface area contributed by atoms with Crippen molar-refractivity contribution in [2.75, 3.05) is 0 Å². The van der Waals surface area contributed by atoms with Gasteiger partial charge < -0.3 is 9.26 Å². The van der Waals surface area contributed by atoms with Gasteiger partial charge in [-0.3, -0.25) is 4.68 Å². The van der Waals surface area contributed by atoms with Crippen LogP contribution in [0.1, 0.15) is 29.3 Å². The van der Waals surface area contributed by atoms with Gasteiger partial charge in [-0.2, -0.15) is 10.1 Å². The highest BCUT2D eigenvalue weighted by molar-refractivity contribution is 5.60. The monoisotopic (exact) mass is 442 g/mol. The van der Waals surface area contributed by atoms with Gasteiger partial charge in [0, 0.05) is 16.8 Å². The summed E-state index contributed by atoms with van der Waals surface area (Å²) >= 11 is 0. The Labute approximate surface area is 182 Å². The summed E-state index contributed by atoms with van der Waals surface area (Å²) in [6.45, 7) is 6.68. The fourth-order valence-electron chi connectivity index (χ4n) is 3.48. The van der Waals surface area contributed by atoms with Crippen LogP contribution in [-0.4, -0.2) is 26.3 Å². The number of halogens is 3. The van der Waals surface area contributed by atoms with Gasteiger partial charge in [0.1, 0.15) is 5.75 Å². The van der Waals surface area contributed by atoms with Crippen LogP contribution < -0.4 is 4.74 Å². The van der Waals surface area contributed by atoms with E-state index in [1.165, 1.54) is 29.8 Å². The van der Waals surface area contributed by atoms with Gasteiger partial charge in [0.15, 0.2) is 5.69 Å². The Balaban J connectivity index is 1.60. The number of nitrogens with zero attached hydrogens (tertiary/aromatic N) is 4. The maximum atomic E-state index is 12.3. The van der Waals surface area contributed by atoms with E-state index in [4.69, 9.17) is 9.62 Å². The summed E-state index contributed by atoms with van der Waals surface area (Å²) in [6.07, 6.45) is -3.96. The lowest BCUT2D eigenvalue weighted by Gasteiger charge is -2.08. The minimum Gasteiger partial charge on any atom is -0.406 e. The van der Waals surface area contributed by atoms with Gasteiger partial charge >= 0.3 is 6.36 Å². The highest BCUT2D eigenvalue weighted by Gasteiger charge is 2.31. The van der Waals surface area contributed by atoms with Crippen molar-refractivity contribution in [2.24, 2.45) is 0 Å². The first-order chi connectivity index (χ1) is 15.2. The maximum absolute atomic E-state index is 12.3. The zero-order chi connectivity index (χ0) is 22.9. The molecule has 0 saturated carbocycles. The third-order valence-electron chi connectivity index (χ3n) is 5.08. The minimum atomic E-state index is -4.74. The minimum absolute atomic E-state index is 0.254. The van der Waals surface area contributed by atoms with Crippen molar-refractivity contribution >= 4 is 0 Å². The second-order valence-electron chi connectivity index (χ2n) is 7.41. The molecule has 4 aromatic rings. The molecular weight excluding hydrogens is 421 g/mol. The largest absolute Gasteiger partial charge is 0.573 e. The third-order valence-corrected chi connectivity index (χ3v) is 5.08. The number of aryl methyl sites for hydroxylation is 1. The molecule has 0 spiro atoms. The molecule has 0 fully saturated rings. The Kier molecular flexibility index (Phi) is 5.73. The summed E-state index contributed by atoms with van der Waals surface area (Å²) in [5, 5.41) is 8.67. The first-order valence-electron chi connectivity index (χ1n) is 10.1. The van der Waals surface area contributed by atoms with Crippen molar-refractivity contribution in [1.29, 1.82) is 0 Å². The number of alkyl halides is 3. The van der Waals surface area contributed by atoms with Gasteiger partial charge in [-0.1, -0.05) is 41.9 Å². The molecule has 0 aliphatic heterocycles. The van der Waals surface area contributed by atoms with Crippen molar-refractivity contribution in [3.05, 3.63) is 70.9 Å². The van der Waals surface area contributed by atoms with Gasteiger partial charge in [0.25, 0.3) is 5.89 Å². The predicted octanol–water partition coefficient (Wildman–Crippen LogP) is 5.73. The molecule has 2 heterocycles. The molecular formula is C23H21F3N4O2. The number of hydrogen-bond acceptors (Lipinski definition) is 5. The Bertz CT molecular complexity index is 1210. The van der Waals surface area contributed by atoms with Crippen LogP contribution in [0, 0.1) is 13.8 Å². The quantitative estimate of drug-likeness (QED) is 0.382. The molecule has 0 atom stereocenters. The highest BCUT2D eigenvalue weighted by Crippen LogP contribution is 2.29. The smallest absolute Gasteiger partial charge is 0.406 e. The molecule has 0 N–H and O–H groups in total. The molecule has 0 aliphatic carbocycles. The van der Waals surface area contributed by atoms with E-state index in [1.54, 1.807) is 0 Å². The molecule has 0 bridgehead atoms. The molecule has 32 heavy (non-hydrogen) atoms. The summed E-state index contributed by atoms with van der Waals surface area (Å²) in [6, 6.07) is 13.6. The summed E-state index contributed by atoms with van der Waals surface area (Å²) in [4.78, 5) is 4.41. The van der Waals surface area contributed by atoms with Gasteiger partial charge in [0.2, 0.25) is 5.82 Å². The maximum Gasteiger partial charge on any atom is 0.573 e. The van der Waals surface area contributed by atoms with Crippen LogP contribution in [0.4, 0.5) is 13.2 Å². The lowest BCUT2D eigenvalue weighted by molar-refractivity contribution is -0.274. The Morgan fingerprint density at radius 1 is 1.00 bits per heavy atom. The van der Waals surface area contributed by atoms with Gasteiger partial charge in [-0.25, -0.2) is 0 Å². The highest BCUT2D eigenvalue weighted by atomic mass is 19.4. The first kappa shape index (κ1) is 21.6. The third kappa shape index (κ3) is 4.66. The molecule has 166 valence electrons.